The van der Waals surface area contributed by atoms with Crippen molar-refractivity contribution in [2.45, 2.75) is 43.0 Å². The first-order chi connectivity index (χ1) is 11.0. The Morgan fingerprint density at radius 3 is 2.30 bits per heavy atom. The lowest BCUT2D eigenvalue weighted by Crippen LogP contribution is -2.36. The van der Waals surface area contributed by atoms with E-state index in [0.29, 0.717) is 16.3 Å². The van der Waals surface area contributed by atoms with Gasteiger partial charge in [-0.25, -0.2) is 13.1 Å². The van der Waals surface area contributed by atoms with Gasteiger partial charge in [0.2, 0.25) is 15.9 Å². The highest BCUT2D eigenvalue weighted by Gasteiger charge is 2.24. The van der Waals surface area contributed by atoms with Crippen LogP contribution in [0.25, 0.3) is 10.8 Å². The molecule has 3 N–H and O–H groups in total. The lowest BCUT2D eigenvalue weighted by atomic mass is 9.96. The molecule has 1 saturated carbocycles. The molecule has 0 spiro atoms. The lowest BCUT2D eigenvalue weighted by molar-refractivity contribution is 0.100. The second kappa shape index (κ2) is 6.29. The largest absolute Gasteiger partial charge is 0.366 e. The number of hydrogen-bond donors (Lipinski definition) is 2. The van der Waals surface area contributed by atoms with Gasteiger partial charge in [0, 0.05) is 17.0 Å². The SMILES string of the molecule is NC(=O)c1ccc(S(=O)(=O)NC2CCCCC2)c2ccccc12. The molecule has 0 aliphatic heterocycles. The van der Waals surface area contributed by atoms with Gasteiger partial charge in [-0.05, 0) is 30.4 Å². The van der Waals surface area contributed by atoms with Crippen LogP contribution in [0.4, 0.5) is 0 Å². The molecular weight excluding hydrogens is 312 g/mol. The first kappa shape index (κ1) is 16.0. The van der Waals surface area contributed by atoms with E-state index in [4.69, 9.17) is 5.73 Å². The number of fused-ring (bicyclic) bond motifs is 1. The number of hydrogen-bond acceptors (Lipinski definition) is 3. The van der Waals surface area contributed by atoms with Gasteiger partial charge in [0.15, 0.2) is 0 Å². The van der Waals surface area contributed by atoms with E-state index in [2.05, 4.69) is 4.72 Å². The minimum Gasteiger partial charge on any atom is -0.366 e. The van der Waals surface area contributed by atoms with E-state index in [0.717, 1.165) is 32.1 Å². The summed E-state index contributed by atoms with van der Waals surface area (Å²) in [5.41, 5.74) is 5.72. The van der Waals surface area contributed by atoms with Crippen molar-refractivity contribution in [1.29, 1.82) is 0 Å². The predicted octanol–water partition coefficient (Wildman–Crippen LogP) is 2.55. The van der Waals surface area contributed by atoms with Crippen molar-refractivity contribution < 1.29 is 13.2 Å². The molecule has 0 heterocycles. The summed E-state index contributed by atoms with van der Waals surface area (Å²) in [5, 5.41) is 1.08. The Bertz CT molecular complexity index is 840. The van der Waals surface area contributed by atoms with Gasteiger partial charge in [0.25, 0.3) is 0 Å². The van der Waals surface area contributed by atoms with Crippen LogP contribution in [0.15, 0.2) is 41.3 Å². The third kappa shape index (κ3) is 3.23. The zero-order chi connectivity index (χ0) is 16.4. The molecule has 0 bridgehead atoms. The highest BCUT2D eigenvalue weighted by molar-refractivity contribution is 7.89. The van der Waals surface area contributed by atoms with Crippen LogP contribution in [-0.4, -0.2) is 20.4 Å². The second-order valence-corrected chi connectivity index (χ2v) is 7.66. The summed E-state index contributed by atoms with van der Waals surface area (Å²) in [6.45, 7) is 0. The number of carbonyl (C=O) groups excluding carboxylic acids is 1. The zero-order valence-electron chi connectivity index (χ0n) is 12.8. The van der Waals surface area contributed by atoms with E-state index in [1.807, 2.05) is 0 Å². The van der Waals surface area contributed by atoms with Crippen LogP contribution in [0.1, 0.15) is 42.5 Å². The maximum Gasteiger partial charge on any atom is 0.249 e. The fraction of sp³-hybridized carbons (Fsp3) is 0.353. The molecule has 6 heteroatoms. The average Bonchev–Trinajstić information content (AvgIpc) is 2.54. The number of amides is 1. The molecule has 0 atom stereocenters. The summed E-state index contributed by atoms with van der Waals surface area (Å²) >= 11 is 0. The Labute approximate surface area is 135 Å². The first-order valence-electron chi connectivity index (χ1n) is 7.83. The molecule has 3 rings (SSSR count). The summed E-state index contributed by atoms with van der Waals surface area (Å²) in [6.07, 6.45) is 5.00. The fourth-order valence-electron chi connectivity index (χ4n) is 3.22. The first-order valence-corrected chi connectivity index (χ1v) is 9.31. The Kier molecular flexibility index (Phi) is 4.37. The molecule has 23 heavy (non-hydrogen) atoms. The Balaban J connectivity index is 2.05. The monoisotopic (exact) mass is 332 g/mol. The number of nitrogens with one attached hydrogen (secondary N) is 1. The van der Waals surface area contributed by atoms with E-state index >= 15 is 0 Å². The van der Waals surface area contributed by atoms with Crippen LogP contribution in [0, 0.1) is 0 Å². The van der Waals surface area contributed by atoms with Crippen molar-refractivity contribution >= 4 is 26.7 Å². The highest BCUT2D eigenvalue weighted by atomic mass is 32.2. The number of primary amides is 1. The van der Waals surface area contributed by atoms with Crippen LogP contribution in [0.3, 0.4) is 0 Å². The van der Waals surface area contributed by atoms with Crippen LogP contribution >= 0.6 is 0 Å². The Morgan fingerprint density at radius 2 is 1.65 bits per heavy atom. The predicted molar refractivity (Wildman–Crippen MR) is 89.7 cm³/mol. The topological polar surface area (TPSA) is 89.3 Å². The molecule has 122 valence electrons. The minimum absolute atomic E-state index is 0.0108. The molecule has 2 aromatic rings. The van der Waals surface area contributed by atoms with Crippen LogP contribution < -0.4 is 10.5 Å². The second-order valence-electron chi connectivity index (χ2n) is 5.98. The van der Waals surface area contributed by atoms with Gasteiger partial charge in [0.05, 0.1) is 4.90 Å². The number of rotatable bonds is 4. The van der Waals surface area contributed by atoms with Crippen molar-refractivity contribution in [2.75, 3.05) is 0 Å². The number of sulfonamides is 1. The molecule has 2 aromatic carbocycles. The van der Waals surface area contributed by atoms with Gasteiger partial charge >= 0.3 is 0 Å². The quantitative estimate of drug-likeness (QED) is 0.901. The molecule has 5 nitrogen and oxygen atoms in total. The summed E-state index contributed by atoms with van der Waals surface area (Å²) in [7, 11) is -3.63. The van der Waals surface area contributed by atoms with Gasteiger partial charge in [0.1, 0.15) is 0 Å². The highest BCUT2D eigenvalue weighted by Crippen LogP contribution is 2.27. The van der Waals surface area contributed by atoms with E-state index < -0.39 is 15.9 Å². The Morgan fingerprint density at radius 1 is 1.00 bits per heavy atom. The summed E-state index contributed by atoms with van der Waals surface area (Å²) in [5.74, 6) is -0.564. The van der Waals surface area contributed by atoms with Crippen LogP contribution in [0.5, 0.6) is 0 Å². The van der Waals surface area contributed by atoms with Crippen molar-refractivity contribution in [3.8, 4) is 0 Å². The lowest BCUT2D eigenvalue weighted by Gasteiger charge is -2.23. The van der Waals surface area contributed by atoms with Gasteiger partial charge in [-0.1, -0.05) is 43.5 Å². The average molecular weight is 332 g/mol. The number of carbonyl (C=O) groups is 1. The normalized spacial score (nSPS) is 16.5. The van der Waals surface area contributed by atoms with Gasteiger partial charge in [-0.2, -0.15) is 0 Å². The van der Waals surface area contributed by atoms with E-state index in [-0.39, 0.29) is 10.9 Å². The van der Waals surface area contributed by atoms with E-state index in [1.165, 1.54) is 12.1 Å². The zero-order valence-corrected chi connectivity index (χ0v) is 13.6. The molecule has 1 aliphatic rings. The van der Waals surface area contributed by atoms with Gasteiger partial charge < -0.3 is 5.73 Å². The molecule has 0 aromatic heterocycles. The fourth-order valence-corrected chi connectivity index (χ4v) is 4.74. The third-order valence-electron chi connectivity index (χ3n) is 4.37. The van der Waals surface area contributed by atoms with Crippen LogP contribution in [-0.2, 0) is 10.0 Å². The standard InChI is InChI=1S/C17H20N2O3S/c18-17(20)15-10-11-16(14-9-5-4-8-13(14)15)23(21,22)19-12-6-2-1-3-7-12/h4-5,8-12,19H,1-3,6-7H2,(H2,18,20). The molecule has 0 radical (unpaired) electrons. The van der Waals surface area contributed by atoms with Crippen molar-refractivity contribution in [2.24, 2.45) is 5.73 Å². The molecule has 1 amide bonds. The molecular formula is C17H20N2O3S. The smallest absolute Gasteiger partial charge is 0.249 e. The third-order valence-corrected chi connectivity index (χ3v) is 5.94. The maximum atomic E-state index is 12.8. The molecule has 1 fully saturated rings. The summed E-state index contributed by atoms with van der Waals surface area (Å²) in [4.78, 5) is 11.7. The van der Waals surface area contributed by atoms with Crippen molar-refractivity contribution in [3.63, 3.8) is 0 Å². The molecule has 0 unspecified atom stereocenters. The maximum absolute atomic E-state index is 12.8. The van der Waals surface area contributed by atoms with Gasteiger partial charge in [-0.15, -0.1) is 0 Å². The van der Waals surface area contributed by atoms with Crippen LogP contribution in [0.2, 0.25) is 0 Å². The van der Waals surface area contributed by atoms with E-state index in [9.17, 15) is 13.2 Å². The number of benzene rings is 2. The van der Waals surface area contributed by atoms with Gasteiger partial charge in [-0.3, -0.25) is 4.79 Å². The van der Waals surface area contributed by atoms with Crippen molar-refractivity contribution in [3.05, 3.63) is 42.0 Å². The minimum atomic E-state index is -3.63. The molecule has 1 aliphatic carbocycles. The molecule has 0 saturated heterocycles. The summed E-state index contributed by atoms with van der Waals surface area (Å²) in [6, 6.07) is 9.88. The number of nitrogens with two attached hydrogens (primary N) is 1. The van der Waals surface area contributed by atoms with Crippen molar-refractivity contribution in [1.82, 2.24) is 4.72 Å². The summed E-state index contributed by atoms with van der Waals surface area (Å²) < 4.78 is 28.3. The Hall–Kier alpha value is -1.92. The van der Waals surface area contributed by atoms with E-state index in [1.54, 1.807) is 24.3 Å².